The lowest BCUT2D eigenvalue weighted by molar-refractivity contribution is 0.0942. The highest BCUT2D eigenvalue weighted by molar-refractivity contribution is 5.95. The Morgan fingerprint density at radius 3 is 2.46 bits per heavy atom. The van der Waals surface area contributed by atoms with E-state index >= 15 is 0 Å². The van der Waals surface area contributed by atoms with Crippen molar-refractivity contribution in [3.8, 4) is 0 Å². The van der Waals surface area contributed by atoms with E-state index in [0.717, 1.165) is 5.69 Å². The predicted molar refractivity (Wildman–Crippen MR) is 91.3 cm³/mol. The minimum atomic E-state index is -0.720. The molecule has 8 heteroatoms. The lowest BCUT2D eigenvalue weighted by Gasteiger charge is -2.10. The molecule has 24 heavy (non-hydrogen) atoms. The minimum Gasteiger partial charge on any atom is -0.382 e. The van der Waals surface area contributed by atoms with E-state index < -0.39 is 5.91 Å². The molecule has 0 fully saturated rings. The van der Waals surface area contributed by atoms with E-state index in [0.29, 0.717) is 17.8 Å². The number of carbonyl (C=O) groups excluding carboxylic acids is 2. The van der Waals surface area contributed by atoms with Crippen molar-refractivity contribution in [3.05, 3.63) is 47.4 Å². The van der Waals surface area contributed by atoms with Crippen LogP contribution in [0.2, 0.25) is 0 Å². The second-order valence-corrected chi connectivity index (χ2v) is 5.52. The monoisotopic (exact) mass is 328 g/mol. The van der Waals surface area contributed by atoms with Gasteiger partial charge >= 0.3 is 0 Å². The molecule has 1 aromatic carbocycles. The first kappa shape index (κ1) is 17.2. The Morgan fingerprint density at radius 2 is 1.88 bits per heavy atom. The van der Waals surface area contributed by atoms with E-state index in [2.05, 4.69) is 20.6 Å². The number of amides is 2. The average Bonchev–Trinajstić information content (AvgIpc) is 2.53. The van der Waals surface area contributed by atoms with Gasteiger partial charge in [0, 0.05) is 17.3 Å². The molecule has 0 unspecified atom stereocenters. The zero-order valence-corrected chi connectivity index (χ0v) is 13.5. The number of anilines is 2. The number of aromatic nitrogens is 2. The molecule has 0 saturated heterocycles. The molecule has 0 saturated carbocycles. The SMILES string of the molecule is CC(C)NC(=O)c1ccc(NCc2cnc(N)c(C(N)=O)n2)cc1. The molecule has 1 heterocycles. The van der Waals surface area contributed by atoms with Gasteiger partial charge in [-0.2, -0.15) is 0 Å². The molecule has 2 aromatic rings. The van der Waals surface area contributed by atoms with E-state index in [-0.39, 0.29) is 23.5 Å². The Hall–Kier alpha value is -3.16. The summed E-state index contributed by atoms with van der Waals surface area (Å²) in [5, 5.41) is 5.95. The Bertz CT molecular complexity index is 743. The Kier molecular flexibility index (Phi) is 5.31. The number of nitrogens with one attached hydrogen (secondary N) is 2. The van der Waals surface area contributed by atoms with Gasteiger partial charge in [-0.1, -0.05) is 0 Å². The summed E-state index contributed by atoms with van der Waals surface area (Å²) in [4.78, 5) is 31.1. The van der Waals surface area contributed by atoms with Gasteiger partial charge in [0.15, 0.2) is 11.5 Å². The molecular formula is C16H20N6O2. The topological polar surface area (TPSA) is 136 Å². The van der Waals surface area contributed by atoms with Gasteiger partial charge in [0.2, 0.25) is 0 Å². The van der Waals surface area contributed by atoms with Gasteiger partial charge in [-0.05, 0) is 38.1 Å². The lowest BCUT2D eigenvalue weighted by Crippen LogP contribution is -2.29. The number of nitrogens with zero attached hydrogens (tertiary/aromatic N) is 2. The normalized spacial score (nSPS) is 10.5. The number of benzene rings is 1. The molecule has 8 nitrogen and oxygen atoms in total. The molecule has 0 atom stereocenters. The number of nitrogen functional groups attached to an aromatic ring is 1. The molecule has 126 valence electrons. The summed E-state index contributed by atoms with van der Waals surface area (Å²) in [6, 6.07) is 7.11. The molecule has 2 rings (SSSR count). The summed E-state index contributed by atoms with van der Waals surface area (Å²) in [6.07, 6.45) is 1.47. The Morgan fingerprint density at radius 1 is 1.21 bits per heavy atom. The third-order valence-electron chi connectivity index (χ3n) is 3.12. The van der Waals surface area contributed by atoms with Gasteiger partial charge < -0.3 is 22.1 Å². The highest BCUT2D eigenvalue weighted by atomic mass is 16.2. The maximum atomic E-state index is 11.9. The number of hydrogen-bond acceptors (Lipinski definition) is 6. The van der Waals surface area contributed by atoms with Crippen molar-refractivity contribution in [1.82, 2.24) is 15.3 Å². The van der Waals surface area contributed by atoms with Crippen molar-refractivity contribution < 1.29 is 9.59 Å². The van der Waals surface area contributed by atoms with E-state index in [9.17, 15) is 9.59 Å². The number of rotatable bonds is 6. The molecule has 1 aromatic heterocycles. The molecule has 0 aliphatic carbocycles. The first-order chi connectivity index (χ1) is 11.4. The van der Waals surface area contributed by atoms with Crippen molar-refractivity contribution in [1.29, 1.82) is 0 Å². The van der Waals surface area contributed by atoms with E-state index in [4.69, 9.17) is 11.5 Å². The number of nitrogens with two attached hydrogens (primary N) is 2. The average molecular weight is 328 g/mol. The van der Waals surface area contributed by atoms with Crippen LogP contribution in [0, 0.1) is 0 Å². The van der Waals surface area contributed by atoms with Gasteiger partial charge in [-0.3, -0.25) is 9.59 Å². The third-order valence-corrected chi connectivity index (χ3v) is 3.12. The van der Waals surface area contributed by atoms with Crippen LogP contribution >= 0.6 is 0 Å². The van der Waals surface area contributed by atoms with Crippen LogP contribution in [0.1, 0.15) is 40.4 Å². The summed E-state index contributed by atoms with van der Waals surface area (Å²) in [5.74, 6) is -0.832. The first-order valence-electron chi connectivity index (χ1n) is 7.43. The summed E-state index contributed by atoms with van der Waals surface area (Å²) in [7, 11) is 0. The van der Waals surface area contributed by atoms with Crippen LogP contribution in [0.3, 0.4) is 0 Å². The zero-order valence-electron chi connectivity index (χ0n) is 13.5. The van der Waals surface area contributed by atoms with Crippen LogP contribution in [-0.4, -0.2) is 27.8 Å². The fourth-order valence-electron chi connectivity index (χ4n) is 1.98. The number of primary amides is 1. The first-order valence-corrected chi connectivity index (χ1v) is 7.43. The van der Waals surface area contributed by atoms with Gasteiger partial charge in [0.1, 0.15) is 0 Å². The molecule has 0 spiro atoms. The maximum Gasteiger partial charge on any atom is 0.271 e. The lowest BCUT2D eigenvalue weighted by atomic mass is 10.2. The minimum absolute atomic E-state index is 0.00627. The quantitative estimate of drug-likeness (QED) is 0.622. The summed E-state index contributed by atoms with van der Waals surface area (Å²) in [6.45, 7) is 4.15. The van der Waals surface area contributed by atoms with Crippen molar-refractivity contribution in [2.24, 2.45) is 5.73 Å². The molecule has 0 radical (unpaired) electrons. The van der Waals surface area contributed by atoms with Crippen LogP contribution in [0.5, 0.6) is 0 Å². The van der Waals surface area contributed by atoms with Crippen molar-refractivity contribution in [3.63, 3.8) is 0 Å². The van der Waals surface area contributed by atoms with Crippen LogP contribution in [-0.2, 0) is 6.54 Å². The molecular weight excluding hydrogens is 308 g/mol. The fraction of sp³-hybridized carbons (Fsp3) is 0.250. The smallest absolute Gasteiger partial charge is 0.271 e. The van der Waals surface area contributed by atoms with Gasteiger partial charge in [0.25, 0.3) is 11.8 Å². The van der Waals surface area contributed by atoms with Gasteiger partial charge in [-0.25, -0.2) is 9.97 Å². The van der Waals surface area contributed by atoms with Crippen LogP contribution in [0.15, 0.2) is 30.5 Å². The van der Waals surface area contributed by atoms with E-state index in [1.807, 2.05) is 13.8 Å². The second-order valence-electron chi connectivity index (χ2n) is 5.52. The zero-order chi connectivity index (χ0) is 17.7. The van der Waals surface area contributed by atoms with E-state index in [1.54, 1.807) is 24.3 Å². The van der Waals surface area contributed by atoms with Crippen LogP contribution in [0.4, 0.5) is 11.5 Å². The highest BCUT2D eigenvalue weighted by Gasteiger charge is 2.10. The van der Waals surface area contributed by atoms with Gasteiger partial charge in [-0.15, -0.1) is 0 Å². The molecule has 0 bridgehead atoms. The van der Waals surface area contributed by atoms with Crippen LogP contribution in [0.25, 0.3) is 0 Å². The Balaban J connectivity index is 2.01. The molecule has 6 N–H and O–H groups in total. The van der Waals surface area contributed by atoms with E-state index in [1.165, 1.54) is 6.20 Å². The molecule has 0 aliphatic heterocycles. The second kappa shape index (κ2) is 7.40. The number of hydrogen-bond donors (Lipinski definition) is 4. The largest absolute Gasteiger partial charge is 0.382 e. The molecule has 2 amide bonds. The highest BCUT2D eigenvalue weighted by Crippen LogP contribution is 2.12. The number of carbonyl (C=O) groups is 2. The predicted octanol–water partition coefficient (Wildman–Crippen LogP) is 0.908. The van der Waals surface area contributed by atoms with Gasteiger partial charge in [0.05, 0.1) is 18.4 Å². The van der Waals surface area contributed by atoms with Crippen molar-refractivity contribution in [2.75, 3.05) is 11.1 Å². The standard InChI is InChI=1S/C16H20N6O2/c1-9(2)21-16(24)10-3-5-11(6-4-10)19-7-12-8-20-14(17)13(22-12)15(18)23/h3-6,8-9,19H,7H2,1-2H3,(H2,17,20)(H2,18,23)(H,21,24). The molecule has 0 aliphatic rings. The summed E-state index contributed by atoms with van der Waals surface area (Å²) in [5.41, 5.74) is 12.6. The van der Waals surface area contributed by atoms with Crippen molar-refractivity contribution >= 4 is 23.3 Å². The summed E-state index contributed by atoms with van der Waals surface area (Å²) < 4.78 is 0. The summed E-state index contributed by atoms with van der Waals surface area (Å²) >= 11 is 0. The van der Waals surface area contributed by atoms with Crippen molar-refractivity contribution in [2.45, 2.75) is 26.4 Å². The Labute approximate surface area is 139 Å². The van der Waals surface area contributed by atoms with Crippen LogP contribution < -0.4 is 22.1 Å². The maximum absolute atomic E-state index is 11.9. The third kappa shape index (κ3) is 4.42. The fourth-order valence-corrected chi connectivity index (χ4v) is 1.98.